The summed E-state index contributed by atoms with van der Waals surface area (Å²) in [5, 5.41) is 1.92. The number of nitrogens with one attached hydrogen (secondary N) is 2. The zero-order valence-electron chi connectivity index (χ0n) is 12.6. The third-order valence-electron chi connectivity index (χ3n) is 3.90. The van der Waals surface area contributed by atoms with Crippen LogP contribution in [0, 0.1) is 5.82 Å². The summed E-state index contributed by atoms with van der Waals surface area (Å²) >= 11 is 3.48. The first-order valence-electron chi connectivity index (χ1n) is 7.49. The lowest BCUT2D eigenvalue weighted by atomic mass is 9.99. The average molecular weight is 385 g/mol. The van der Waals surface area contributed by atoms with Crippen LogP contribution in [0.25, 0.3) is 0 Å². The molecular weight excluding hydrogens is 371 g/mol. The van der Waals surface area contributed by atoms with Crippen LogP contribution in [-0.4, -0.2) is 16.3 Å². The normalized spacial score (nSPS) is 16.1. The Morgan fingerprint density at radius 1 is 1.08 bits per heavy atom. The Kier molecular flexibility index (Phi) is 3.82. The Bertz CT molecular complexity index is 874. The van der Waals surface area contributed by atoms with Crippen LogP contribution >= 0.6 is 15.9 Å². The Morgan fingerprint density at radius 3 is 2.58 bits per heavy atom. The molecule has 3 aromatic rings. The Hall–Kier alpha value is -2.60. The van der Waals surface area contributed by atoms with E-state index in [2.05, 4.69) is 43.5 Å². The van der Waals surface area contributed by atoms with Crippen LogP contribution in [0.15, 0.2) is 70.3 Å². The number of halogens is 2. The summed E-state index contributed by atoms with van der Waals surface area (Å²) in [6, 6.07) is 18.4. The minimum Gasteiger partial charge on any atom is -0.334 e. The molecule has 24 heavy (non-hydrogen) atoms. The van der Waals surface area contributed by atoms with Crippen molar-refractivity contribution in [2.75, 3.05) is 5.43 Å². The van der Waals surface area contributed by atoms with Gasteiger partial charge in [-0.2, -0.15) is 0 Å². The second kappa shape index (κ2) is 6.13. The molecule has 6 heteroatoms. The molecule has 2 aromatic carbocycles. The van der Waals surface area contributed by atoms with Gasteiger partial charge in [-0.3, -0.25) is 10.4 Å². The lowest BCUT2D eigenvalue weighted by Gasteiger charge is -2.33. The van der Waals surface area contributed by atoms with E-state index in [1.54, 1.807) is 18.5 Å². The number of benzene rings is 2. The predicted molar refractivity (Wildman–Crippen MR) is 96.8 cm³/mol. The summed E-state index contributed by atoms with van der Waals surface area (Å²) in [6.07, 6.45) is 1.74. The van der Waals surface area contributed by atoms with Crippen molar-refractivity contribution < 1.29 is 4.39 Å². The van der Waals surface area contributed by atoms with Gasteiger partial charge in [-0.05, 0) is 51.8 Å². The number of hydrogen-bond donors (Lipinski definition) is 2. The van der Waals surface area contributed by atoms with Crippen molar-refractivity contribution in [3.8, 4) is 0 Å². The van der Waals surface area contributed by atoms with Crippen LogP contribution in [0.3, 0.4) is 0 Å². The van der Waals surface area contributed by atoms with Gasteiger partial charge in [0.15, 0.2) is 0 Å². The number of fused-ring (bicyclic) bond motifs is 1. The molecule has 0 saturated heterocycles. The monoisotopic (exact) mass is 384 g/mol. The van der Waals surface area contributed by atoms with Crippen molar-refractivity contribution in [1.82, 2.24) is 9.99 Å². The number of anilines is 1. The van der Waals surface area contributed by atoms with Gasteiger partial charge in [-0.15, -0.1) is 0 Å². The van der Waals surface area contributed by atoms with E-state index >= 15 is 0 Å². The molecule has 4 rings (SSSR count). The first-order valence-corrected chi connectivity index (χ1v) is 8.28. The van der Waals surface area contributed by atoms with Crippen LogP contribution < -0.4 is 5.43 Å². The van der Waals surface area contributed by atoms with Crippen molar-refractivity contribution in [3.05, 3.63) is 82.2 Å². The summed E-state index contributed by atoms with van der Waals surface area (Å²) in [4.78, 5) is 7.67. The fraction of sp³-hybridized carbons (Fsp3) is 0.0556. The minimum absolute atomic E-state index is 0.0497. The molecule has 0 saturated carbocycles. The number of nitrogens with zero attached hydrogens (tertiary/aromatic N) is 2. The molecule has 0 spiro atoms. The largest absolute Gasteiger partial charge is 0.334 e. The van der Waals surface area contributed by atoms with Gasteiger partial charge in [-0.1, -0.05) is 30.3 Å². The molecular formula is C18H14BrFN4. The molecule has 0 amide bonds. The van der Waals surface area contributed by atoms with E-state index in [0.29, 0.717) is 0 Å². The van der Waals surface area contributed by atoms with Crippen LogP contribution in [0.2, 0.25) is 0 Å². The average Bonchev–Trinajstić information content (AvgIpc) is 2.98. The maximum Gasteiger partial charge on any atom is 0.138 e. The highest BCUT2D eigenvalue weighted by atomic mass is 79.9. The molecule has 1 aliphatic rings. The van der Waals surface area contributed by atoms with E-state index in [1.165, 1.54) is 12.1 Å². The van der Waals surface area contributed by atoms with E-state index in [4.69, 9.17) is 0 Å². The minimum atomic E-state index is -0.260. The fourth-order valence-corrected chi connectivity index (χ4v) is 3.25. The van der Waals surface area contributed by atoms with Crippen molar-refractivity contribution in [2.24, 2.45) is 4.99 Å². The predicted octanol–water partition coefficient (Wildman–Crippen LogP) is 5.01. The number of H-pyrrole nitrogens is 1. The Balaban J connectivity index is 1.73. The smallest absolute Gasteiger partial charge is 0.138 e. The maximum absolute atomic E-state index is 13.1. The third-order valence-corrected chi connectivity index (χ3v) is 4.32. The maximum atomic E-state index is 13.1. The van der Waals surface area contributed by atoms with Gasteiger partial charge in [0.1, 0.15) is 24.0 Å². The zero-order valence-corrected chi connectivity index (χ0v) is 14.2. The van der Waals surface area contributed by atoms with Gasteiger partial charge in [0.05, 0.1) is 10.3 Å². The van der Waals surface area contributed by atoms with Crippen LogP contribution in [0.1, 0.15) is 17.2 Å². The molecule has 0 fully saturated rings. The highest BCUT2D eigenvalue weighted by Crippen LogP contribution is 2.38. The van der Waals surface area contributed by atoms with E-state index in [9.17, 15) is 4.39 Å². The van der Waals surface area contributed by atoms with Crippen molar-refractivity contribution >= 4 is 33.8 Å². The molecule has 120 valence electrons. The molecule has 1 atom stereocenters. The number of aromatic amines is 1. The van der Waals surface area contributed by atoms with E-state index < -0.39 is 0 Å². The van der Waals surface area contributed by atoms with E-state index in [0.717, 1.165) is 27.2 Å². The summed E-state index contributed by atoms with van der Waals surface area (Å²) < 4.78 is 14.0. The van der Waals surface area contributed by atoms with Crippen molar-refractivity contribution in [3.63, 3.8) is 0 Å². The van der Waals surface area contributed by atoms with Gasteiger partial charge in [-0.25, -0.2) is 9.38 Å². The SMILES string of the molecule is Fc1ccc(NN2C=Nc3[nH]c(Br)cc3C2c2ccccc2)cc1. The van der Waals surface area contributed by atoms with Gasteiger partial charge < -0.3 is 4.98 Å². The Labute approximate surface area is 147 Å². The second-order valence-electron chi connectivity index (χ2n) is 5.50. The summed E-state index contributed by atoms with van der Waals surface area (Å²) in [7, 11) is 0. The first kappa shape index (κ1) is 15.0. The first-order chi connectivity index (χ1) is 11.7. The summed E-state index contributed by atoms with van der Waals surface area (Å²) in [6.45, 7) is 0. The molecule has 0 bridgehead atoms. The van der Waals surface area contributed by atoms with E-state index in [-0.39, 0.29) is 11.9 Å². The molecule has 2 heterocycles. The highest BCUT2D eigenvalue weighted by Gasteiger charge is 2.28. The van der Waals surface area contributed by atoms with Crippen LogP contribution in [0.4, 0.5) is 15.9 Å². The number of rotatable bonds is 3. The van der Waals surface area contributed by atoms with Gasteiger partial charge >= 0.3 is 0 Å². The van der Waals surface area contributed by atoms with Gasteiger partial charge in [0, 0.05) is 5.56 Å². The molecule has 4 nitrogen and oxygen atoms in total. The highest BCUT2D eigenvalue weighted by molar-refractivity contribution is 9.10. The van der Waals surface area contributed by atoms with Gasteiger partial charge in [0.2, 0.25) is 0 Å². The molecule has 1 aromatic heterocycles. The number of aromatic nitrogens is 1. The molecule has 1 aliphatic heterocycles. The fourth-order valence-electron chi connectivity index (χ4n) is 2.82. The lowest BCUT2D eigenvalue weighted by Crippen LogP contribution is -2.35. The topological polar surface area (TPSA) is 43.4 Å². The zero-order chi connectivity index (χ0) is 16.5. The summed E-state index contributed by atoms with van der Waals surface area (Å²) in [5.41, 5.74) is 6.28. The van der Waals surface area contributed by atoms with Crippen LogP contribution in [0.5, 0.6) is 0 Å². The second-order valence-corrected chi connectivity index (χ2v) is 6.36. The standard InChI is InChI=1S/C18H14BrFN4/c19-16-10-15-17(12-4-2-1-3-5-12)24(11-21-18(15)22-16)23-14-8-6-13(20)7-9-14/h1-11,17,22-23H. The lowest BCUT2D eigenvalue weighted by molar-refractivity contribution is 0.427. The molecule has 0 aliphatic carbocycles. The third kappa shape index (κ3) is 2.80. The number of aliphatic imine (C=N–C) groups is 1. The molecule has 0 radical (unpaired) electrons. The van der Waals surface area contributed by atoms with Crippen LogP contribution in [-0.2, 0) is 0 Å². The van der Waals surface area contributed by atoms with Crippen molar-refractivity contribution in [1.29, 1.82) is 0 Å². The molecule has 2 N–H and O–H groups in total. The molecule has 1 unspecified atom stereocenters. The van der Waals surface area contributed by atoms with Crippen molar-refractivity contribution in [2.45, 2.75) is 6.04 Å². The van der Waals surface area contributed by atoms with Gasteiger partial charge in [0.25, 0.3) is 0 Å². The quantitative estimate of drug-likeness (QED) is 0.666. The number of hydrogen-bond acceptors (Lipinski definition) is 3. The Morgan fingerprint density at radius 2 is 1.83 bits per heavy atom. The number of hydrazine groups is 1. The summed E-state index contributed by atoms with van der Waals surface area (Å²) in [5.74, 6) is 0.567. The van der Waals surface area contributed by atoms with E-state index in [1.807, 2.05) is 29.3 Å².